The second-order valence-electron chi connectivity index (χ2n) is 7.58. The van der Waals surface area contributed by atoms with Crippen molar-refractivity contribution in [3.63, 3.8) is 0 Å². The van der Waals surface area contributed by atoms with Gasteiger partial charge in [0.15, 0.2) is 0 Å². The van der Waals surface area contributed by atoms with E-state index in [1.807, 2.05) is 0 Å². The Hall–Kier alpha value is -3.66. The number of hydrogen-bond donors (Lipinski definition) is 3. The lowest BCUT2D eigenvalue weighted by atomic mass is 10.1. The van der Waals surface area contributed by atoms with Gasteiger partial charge in [0, 0.05) is 28.9 Å². The smallest absolute Gasteiger partial charge is 0.230 e. The number of aromatic nitrogens is 2. The lowest BCUT2D eigenvalue weighted by Gasteiger charge is -2.25. The van der Waals surface area contributed by atoms with Gasteiger partial charge in [0.2, 0.25) is 5.91 Å². The van der Waals surface area contributed by atoms with Crippen molar-refractivity contribution < 1.29 is 23.0 Å². The molecule has 0 atom stereocenters. The third-order valence-corrected chi connectivity index (χ3v) is 6.95. The van der Waals surface area contributed by atoms with Gasteiger partial charge in [-0.15, -0.1) is 10.6 Å². The first-order valence-electron chi connectivity index (χ1n) is 10.1. The van der Waals surface area contributed by atoms with Gasteiger partial charge in [-0.25, -0.2) is 9.37 Å². The first-order chi connectivity index (χ1) is 15.8. The molecule has 4 aromatic rings. The van der Waals surface area contributed by atoms with Crippen LogP contribution >= 0.6 is 10.6 Å². The summed E-state index contributed by atoms with van der Waals surface area (Å²) in [7, 11) is -1.42. The van der Waals surface area contributed by atoms with E-state index in [9.17, 15) is 18.3 Å². The van der Waals surface area contributed by atoms with E-state index in [1.165, 1.54) is 17.5 Å². The Morgan fingerprint density at radius 2 is 1.94 bits per heavy atom. The van der Waals surface area contributed by atoms with Crippen molar-refractivity contribution in [1.29, 1.82) is 0 Å². The summed E-state index contributed by atoms with van der Waals surface area (Å²) < 4.78 is 40.8. The second kappa shape index (κ2) is 8.04. The van der Waals surface area contributed by atoms with E-state index >= 15 is 0 Å². The molecular formula is C24H20FN3O4S. The van der Waals surface area contributed by atoms with E-state index in [0.717, 1.165) is 0 Å². The SMILES string of the molecule is COc1ccn2c(CC(=O)Nc3ccc4c(c3)S(O)(O)C=C4)c(-c3ccc(F)cc3)nc2c1. The number of pyridine rings is 1. The number of methoxy groups -OCH3 is 1. The van der Waals surface area contributed by atoms with Gasteiger partial charge in [0.05, 0.1) is 29.8 Å². The second-order valence-corrected chi connectivity index (χ2v) is 9.48. The maximum Gasteiger partial charge on any atom is 0.230 e. The summed E-state index contributed by atoms with van der Waals surface area (Å²) >= 11 is 0. The van der Waals surface area contributed by atoms with Crippen LogP contribution in [0.25, 0.3) is 23.0 Å². The third-order valence-electron chi connectivity index (χ3n) is 5.44. The molecule has 7 nitrogen and oxygen atoms in total. The standard InChI is InChI=1S/C24H20FN3O4S/c1-32-19-8-10-28-20(24(27-22(28)13-19)16-2-5-17(25)6-3-16)14-23(29)26-18-7-4-15-9-11-33(30,31)21(15)12-18/h2-13,30-31H,14H2,1H3,(H,26,29). The molecule has 0 unspecified atom stereocenters. The highest BCUT2D eigenvalue weighted by Gasteiger charge is 2.23. The van der Waals surface area contributed by atoms with Crippen molar-refractivity contribution in [3.05, 3.63) is 83.3 Å². The topological polar surface area (TPSA) is 96.1 Å². The molecule has 2 aromatic carbocycles. The molecule has 33 heavy (non-hydrogen) atoms. The highest BCUT2D eigenvalue weighted by Crippen LogP contribution is 2.56. The molecule has 1 amide bonds. The predicted molar refractivity (Wildman–Crippen MR) is 126 cm³/mol. The number of amides is 1. The number of fused-ring (bicyclic) bond motifs is 2. The lowest BCUT2D eigenvalue weighted by molar-refractivity contribution is -0.115. The fourth-order valence-electron chi connectivity index (χ4n) is 3.82. The number of ether oxygens (including phenoxy) is 1. The number of hydrogen-bond acceptors (Lipinski definition) is 5. The third kappa shape index (κ3) is 3.97. The summed E-state index contributed by atoms with van der Waals surface area (Å²) in [6.45, 7) is 0. The predicted octanol–water partition coefficient (Wildman–Crippen LogP) is 5.42. The summed E-state index contributed by atoms with van der Waals surface area (Å²) in [4.78, 5) is 18.0. The molecular weight excluding hydrogens is 445 g/mol. The maximum absolute atomic E-state index is 13.5. The van der Waals surface area contributed by atoms with E-state index in [2.05, 4.69) is 10.3 Å². The summed E-state index contributed by atoms with van der Waals surface area (Å²) in [5, 5.41) is 4.19. The van der Waals surface area contributed by atoms with Gasteiger partial charge in [-0.05, 0) is 54.1 Å². The van der Waals surface area contributed by atoms with Crippen LogP contribution in [-0.2, 0) is 11.2 Å². The molecule has 3 heterocycles. The largest absolute Gasteiger partial charge is 0.497 e. The van der Waals surface area contributed by atoms with E-state index in [4.69, 9.17) is 4.74 Å². The first-order valence-corrected chi connectivity index (χ1v) is 11.7. The van der Waals surface area contributed by atoms with E-state index < -0.39 is 10.6 Å². The zero-order valence-electron chi connectivity index (χ0n) is 17.5. The molecule has 0 saturated heterocycles. The van der Waals surface area contributed by atoms with Crippen molar-refractivity contribution in [2.45, 2.75) is 11.3 Å². The fourth-order valence-corrected chi connectivity index (χ4v) is 5.09. The minimum absolute atomic E-state index is 0.00814. The number of nitrogens with zero attached hydrogens (tertiary/aromatic N) is 2. The summed E-state index contributed by atoms with van der Waals surface area (Å²) in [6.07, 6.45) is 3.41. The molecule has 0 radical (unpaired) electrons. The Bertz CT molecular complexity index is 1410. The van der Waals surface area contributed by atoms with Crippen molar-refractivity contribution in [1.82, 2.24) is 9.38 Å². The normalized spacial score (nSPS) is 14.8. The Morgan fingerprint density at radius 3 is 2.70 bits per heavy atom. The van der Waals surface area contributed by atoms with Crippen molar-refractivity contribution in [3.8, 4) is 17.0 Å². The van der Waals surface area contributed by atoms with Crippen LogP contribution in [-0.4, -0.2) is 31.5 Å². The number of carbonyl (C=O) groups is 1. The number of rotatable bonds is 5. The van der Waals surface area contributed by atoms with Gasteiger partial charge >= 0.3 is 0 Å². The zero-order chi connectivity index (χ0) is 23.2. The molecule has 0 saturated carbocycles. The van der Waals surface area contributed by atoms with E-state index in [0.29, 0.717) is 44.5 Å². The Morgan fingerprint density at radius 1 is 1.15 bits per heavy atom. The van der Waals surface area contributed by atoms with Crippen LogP contribution in [0.15, 0.2) is 71.1 Å². The summed E-state index contributed by atoms with van der Waals surface area (Å²) in [6, 6.07) is 14.5. The molecule has 168 valence electrons. The van der Waals surface area contributed by atoms with Gasteiger partial charge in [-0.1, -0.05) is 6.07 Å². The molecule has 1 aliphatic heterocycles. The molecule has 5 rings (SSSR count). The van der Waals surface area contributed by atoms with Crippen molar-refractivity contribution in [2.75, 3.05) is 12.4 Å². The monoisotopic (exact) mass is 465 g/mol. The highest BCUT2D eigenvalue weighted by molar-refractivity contribution is 8.27. The van der Waals surface area contributed by atoms with Crippen LogP contribution in [0.1, 0.15) is 11.3 Å². The van der Waals surface area contributed by atoms with Crippen molar-refractivity contribution >= 4 is 33.9 Å². The minimum atomic E-state index is -2.98. The Labute approximate surface area is 190 Å². The number of imidazole rings is 1. The lowest BCUT2D eigenvalue weighted by Crippen LogP contribution is -2.16. The number of nitrogens with one attached hydrogen (secondary N) is 1. The Balaban J connectivity index is 1.48. The van der Waals surface area contributed by atoms with E-state index in [1.54, 1.807) is 66.2 Å². The summed E-state index contributed by atoms with van der Waals surface area (Å²) in [5.74, 6) is -0.0428. The molecule has 9 heteroatoms. The molecule has 0 fully saturated rings. The van der Waals surface area contributed by atoms with Crippen LogP contribution < -0.4 is 10.1 Å². The van der Waals surface area contributed by atoms with Gasteiger partial charge in [-0.2, -0.15) is 0 Å². The van der Waals surface area contributed by atoms with Gasteiger partial charge in [0.1, 0.15) is 17.2 Å². The highest BCUT2D eigenvalue weighted by atomic mass is 32.3. The fraction of sp³-hybridized carbons (Fsp3) is 0.0833. The minimum Gasteiger partial charge on any atom is -0.497 e. The average molecular weight is 466 g/mol. The van der Waals surface area contributed by atoms with Crippen molar-refractivity contribution in [2.24, 2.45) is 0 Å². The van der Waals surface area contributed by atoms with E-state index in [-0.39, 0.29) is 18.1 Å². The number of carbonyl (C=O) groups excluding carboxylic acids is 1. The Kier molecular flexibility index (Phi) is 5.16. The maximum atomic E-state index is 13.5. The van der Waals surface area contributed by atoms with Crippen LogP contribution in [0.2, 0.25) is 0 Å². The number of benzene rings is 2. The van der Waals surface area contributed by atoms with Crippen LogP contribution in [0.4, 0.5) is 10.1 Å². The molecule has 2 aromatic heterocycles. The number of anilines is 1. The van der Waals surface area contributed by atoms with Crippen LogP contribution in [0, 0.1) is 5.82 Å². The van der Waals surface area contributed by atoms with Crippen LogP contribution in [0.5, 0.6) is 5.75 Å². The van der Waals surface area contributed by atoms with Gasteiger partial charge in [-0.3, -0.25) is 13.9 Å². The molecule has 0 bridgehead atoms. The average Bonchev–Trinajstić information content (AvgIpc) is 3.30. The molecule has 0 spiro atoms. The number of halogens is 1. The molecule has 1 aliphatic rings. The van der Waals surface area contributed by atoms with Crippen LogP contribution in [0.3, 0.4) is 0 Å². The zero-order valence-corrected chi connectivity index (χ0v) is 18.3. The van der Waals surface area contributed by atoms with Gasteiger partial charge < -0.3 is 14.5 Å². The molecule has 3 N–H and O–H groups in total. The van der Waals surface area contributed by atoms with Gasteiger partial charge in [0.25, 0.3) is 0 Å². The first kappa shape index (κ1) is 21.2. The molecule has 0 aliphatic carbocycles. The quantitative estimate of drug-likeness (QED) is 0.366. The summed E-state index contributed by atoms with van der Waals surface area (Å²) in [5.41, 5.74) is 3.63.